The van der Waals surface area contributed by atoms with E-state index in [1.54, 1.807) is 0 Å². The molecule has 0 spiro atoms. The lowest BCUT2D eigenvalue weighted by molar-refractivity contribution is 0.385. The molecule has 0 aromatic heterocycles. The summed E-state index contributed by atoms with van der Waals surface area (Å²) in [5, 5.41) is 0. The van der Waals surface area contributed by atoms with E-state index < -0.39 is 0 Å². The van der Waals surface area contributed by atoms with Crippen LogP contribution in [0.25, 0.3) is 0 Å². The SMILES string of the molecule is C#C.CC1CCCCC1.[HH]. The molecule has 0 radical (unpaired) electrons. The second kappa shape index (κ2) is 5.69. The Hall–Kier alpha value is -0.440. The summed E-state index contributed by atoms with van der Waals surface area (Å²) >= 11 is 0. The Kier molecular flexibility index (Phi) is 5.41. The molecule has 0 bridgehead atoms. The molecule has 0 unspecified atom stereocenters. The van der Waals surface area contributed by atoms with Crippen molar-refractivity contribution in [2.45, 2.75) is 39.0 Å². The Morgan fingerprint density at radius 3 is 1.78 bits per heavy atom. The van der Waals surface area contributed by atoms with Gasteiger partial charge in [-0.2, -0.15) is 0 Å². The van der Waals surface area contributed by atoms with Gasteiger partial charge >= 0.3 is 0 Å². The average molecular weight is 126 g/mol. The molecule has 1 aliphatic carbocycles. The van der Waals surface area contributed by atoms with Gasteiger partial charge in [0.05, 0.1) is 0 Å². The summed E-state index contributed by atoms with van der Waals surface area (Å²) in [5.41, 5.74) is 0. The van der Waals surface area contributed by atoms with E-state index >= 15 is 0 Å². The summed E-state index contributed by atoms with van der Waals surface area (Å²) in [7, 11) is 0. The summed E-state index contributed by atoms with van der Waals surface area (Å²) in [6.45, 7) is 2.36. The van der Waals surface area contributed by atoms with Gasteiger partial charge < -0.3 is 0 Å². The fourth-order valence-electron chi connectivity index (χ4n) is 1.31. The molecule has 1 saturated carbocycles. The van der Waals surface area contributed by atoms with E-state index in [0.29, 0.717) is 0 Å². The van der Waals surface area contributed by atoms with E-state index in [2.05, 4.69) is 19.8 Å². The van der Waals surface area contributed by atoms with Gasteiger partial charge in [-0.05, 0) is 5.92 Å². The first-order valence-electron chi connectivity index (χ1n) is 3.73. The largest absolute Gasteiger partial charge is 0.124 e. The summed E-state index contributed by atoms with van der Waals surface area (Å²) in [5.74, 6) is 1.04. The molecule has 1 fully saturated rings. The van der Waals surface area contributed by atoms with Gasteiger partial charge in [0.2, 0.25) is 0 Å². The van der Waals surface area contributed by atoms with Gasteiger partial charge in [0, 0.05) is 1.43 Å². The van der Waals surface area contributed by atoms with Crippen molar-refractivity contribution < 1.29 is 1.43 Å². The molecule has 0 nitrogen and oxygen atoms in total. The van der Waals surface area contributed by atoms with Crippen LogP contribution in [-0.2, 0) is 0 Å². The summed E-state index contributed by atoms with van der Waals surface area (Å²) in [6, 6.07) is 0. The van der Waals surface area contributed by atoms with Crippen molar-refractivity contribution in [1.82, 2.24) is 0 Å². The molecule has 54 valence electrons. The molecule has 1 rings (SSSR count). The zero-order valence-corrected chi connectivity index (χ0v) is 6.27. The van der Waals surface area contributed by atoms with Crippen LogP contribution in [0.1, 0.15) is 40.5 Å². The second-order valence-electron chi connectivity index (χ2n) is 2.74. The highest BCUT2D eigenvalue weighted by Gasteiger charge is 2.05. The molecule has 0 aromatic rings. The standard InChI is InChI=1S/C7H14.C2H2.H2/c1-7-5-3-2-4-6-7;1-2;/h7H,2-6H2,1H3;1-2H;1H. The predicted octanol–water partition coefficient (Wildman–Crippen LogP) is 3.08. The zero-order chi connectivity index (χ0) is 7.11. The van der Waals surface area contributed by atoms with Gasteiger partial charge in [0.25, 0.3) is 0 Å². The van der Waals surface area contributed by atoms with Crippen LogP contribution in [0.5, 0.6) is 0 Å². The lowest BCUT2D eigenvalue weighted by Crippen LogP contribution is -1.99. The van der Waals surface area contributed by atoms with Crippen molar-refractivity contribution >= 4 is 0 Å². The van der Waals surface area contributed by atoms with E-state index in [1.165, 1.54) is 32.1 Å². The molecule has 0 heteroatoms. The van der Waals surface area contributed by atoms with Crippen LogP contribution in [0, 0.1) is 18.8 Å². The smallest absolute Gasteiger partial charge is 0 e. The van der Waals surface area contributed by atoms with Crippen LogP contribution in [0.4, 0.5) is 0 Å². The molecule has 9 heavy (non-hydrogen) atoms. The molecule has 0 amide bonds. The lowest BCUT2D eigenvalue weighted by Gasteiger charge is -2.15. The molecular formula is C9H18. The van der Waals surface area contributed by atoms with Crippen molar-refractivity contribution in [3.63, 3.8) is 0 Å². The van der Waals surface area contributed by atoms with Crippen LogP contribution in [0.15, 0.2) is 0 Å². The topological polar surface area (TPSA) is 0 Å². The minimum atomic E-state index is 0. The Bertz CT molecular complexity index is 70.0. The van der Waals surface area contributed by atoms with E-state index in [9.17, 15) is 0 Å². The minimum absolute atomic E-state index is 0. The van der Waals surface area contributed by atoms with Crippen LogP contribution >= 0.6 is 0 Å². The van der Waals surface area contributed by atoms with Crippen LogP contribution in [0.3, 0.4) is 0 Å². The van der Waals surface area contributed by atoms with Crippen molar-refractivity contribution in [3.05, 3.63) is 0 Å². The molecule has 1 aliphatic rings. The van der Waals surface area contributed by atoms with E-state index in [1.807, 2.05) is 0 Å². The van der Waals surface area contributed by atoms with Gasteiger partial charge in [-0.25, -0.2) is 0 Å². The minimum Gasteiger partial charge on any atom is -0.124 e. The van der Waals surface area contributed by atoms with Crippen molar-refractivity contribution in [2.24, 2.45) is 5.92 Å². The van der Waals surface area contributed by atoms with E-state index in [4.69, 9.17) is 0 Å². The normalized spacial score (nSPS) is 19.9. The number of rotatable bonds is 0. The number of terminal acetylenes is 1. The van der Waals surface area contributed by atoms with Gasteiger partial charge in [0.15, 0.2) is 0 Å². The third-order valence-electron chi connectivity index (χ3n) is 1.89. The Labute approximate surface area is 60.1 Å². The fourth-order valence-corrected chi connectivity index (χ4v) is 1.31. The van der Waals surface area contributed by atoms with E-state index in [-0.39, 0.29) is 1.43 Å². The van der Waals surface area contributed by atoms with Crippen molar-refractivity contribution in [1.29, 1.82) is 0 Å². The maximum atomic E-state index is 4.00. The van der Waals surface area contributed by atoms with Crippen LogP contribution in [0.2, 0.25) is 0 Å². The highest BCUT2D eigenvalue weighted by Crippen LogP contribution is 2.21. The fraction of sp³-hybridized carbons (Fsp3) is 0.778. The van der Waals surface area contributed by atoms with Crippen LogP contribution in [-0.4, -0.2) is 0 Å². The lowest BCUT2D eigenvalue weighted by atomic mass is 9.91. The van der Waals surface area contributed by atoms with Gasteiger partial charge in [-0.1, -0.05) is 39.0 Å². The predicted molar refractivity (Wildman–Crippen MR) is 44.3 cm³/mol. The summed E-state index contributed by atoms with van der Waals surface area (Å²) in [4.78, 5) is 0. The molecule has 0 atom stereocenters. The number of hydrogen-bond donors (Lipinski definition) is 0. The molecule has 0 heterocycles. The Morgan fingerprint density at radius 2 is 1.56 bits per heavy atom. The highest BCUT2D eigenvalue weighted by molar-refractivity contribution is 4.59. The first-order chi connectivity index (χ1) is 4.39. The maximum Gasteiger partial charge on any atom is 0 e. The molecule has 0 aromatic carbocycles. The highest BCUT2D eigenvalue weighted by atomic mass is 14.1. The van der Waals surface area contributed by atoms with Gasteiger partial charge in [0.1, 0.15) is 0 Å². The first-order valence-corrected chi connectivity index (χ1v) is 3.73. The quantitative estimate of drug-likeness (QED) is 0.437. The molecular weight excluding hydrogens is 108 g/mol. The van der Waals surface area contributed by atoms with E-state index in [0.717, 1.165) is 5.92 Å². The third-order valence-corrected chi connectivity index (χ3v) is 1.89. The van der Waals surface area contributed by atoms with Crippen molar-refractivity contribution in [3.8, 4) is 12.8 Å². The second-order valence-corrected chi connectivity index (χ2v) is 2.74. The monoisotopic (exact) mass is 126 g/mol. The Balaban J connectivity index is 0. The van der Waals surface area contributed by atoms with Crippen molar-refractivity contribution in [2.75, 3.05) is 0 Å². The Morgan fingerprint density at radius 1 is 1.11 bits per heavy atom. The summed E-state index contributed by atoms with van der Waals surface area (Å²) < 4.78 is 0. The first kappa shape index (κ1) is 8.56. The molecule has 0 N–H and O–H groups in total. The van der Waals surface area contributed by atoms with Crippen LogP contribution < -0.4 is 0 Å². The van der Waals surface area contributed by atoms with Gasteiger partial charge in [-0.3, -0.25) is 0 Å². The summed E-state index contributed by atoms with van der Waals surface area (Å²) in [6.07, 6.45) is 15.4. The molecule has 0 saturated heterocycles. The third kappa shape index (κ3) is 4.09. The van der Waals surface area contributed by atoms with Gasteiger partial charge in [-0.15, -0.1) is 12.8 Å². The average Bonchev–Trinajstić information content (AvgIpc) is 1.94. The maximum absolute atomic E-state index is 4.00. The zero-order valence-electron chi connectivity index (χ0n) is 6.27. The molecule has 0 aliphatic heterocycles. The number of hydrogen-bond acceptors (Lipinski definition) is 0.